The Kier molecular flexibility index (Phi) is 4.15. The fraction of sp³-hybridized carbons (Fsp3) is 0.364. The molecule has 1 aromatic carbocycles. The highest BCUT2D eigenvalue weighted by molar-refractivity contribution is 9.10. The summed E-state index contributed by atoms with van der Waals surface area (Å²) in [5.74, 6) is 1.20. The molecule has 1 aromatic rings. The molecule has 0 radical (unpaired) electrons. The number of alkyl halides is 1. The zero-order chi connectivity index (χ0) is 11.4. The largest absolute Gasteiger partial charge is 0.497 e. The van der Waals surface area contributed by atoms with Crippen molar-refractivity contribution in [1.29, 1.82) is 0 Å². The van der Waals surface area contributed by atoms with Gasteiger partial charge in [0.15, 0.2) is 5.78 Å². The monoisotopic (exact) mass is 272 g/mol. The maximum atomic E-state index is 11.8. The average Bonchev–Trinajstić information content (AvgIpc) is 2.27. The van der Waals surface area contributed by atoms with E-state index in [9.17, 15) is 4.79 Å². The molecule has 4 heteroatoms. The average molecular weight is 273 g/mol. The van der Waals surface area contributed by atoms with Crippen molar-refractivity contribution in [3.05, 3.63) is 23.8 Å². The van der Waals surface area contributed by atoms with Crippen molar-refractivity contribution in [3.63, 3.8) is 0 Å². The molecule has 0 aliphatic heterocycles. The third-order valence-electron chi connectivity index (χ3n) is 2.04. The first-order valence-corrected chi connectivity index (χ1v) is 5.42. The lowest BCUT2D eigenvalue weighted by Crippen LogP contribution is -2.11. The van der Waals surface area contributed by atoms with E-state index in [2.05, 4.69) is 15.9 Å². The molecule has 0 aliphatic rings. The zero-order valence-electron chi connectivity index (χ0n) is 8.91. The van der Waals surface area contributed by atoms with Crippen LogP contribution < -0.4 is 9.47 Å². The lowest BCUT2D eigenvalue weighted by Gasteiger charge is -2.10. The van der Waals surface area contributed by atoms with Gasteiger partial charge < -0.3 is 9.47 Å². The Morgan fingerprint density at radius 2 is 2.00 bits per heavy atom. The summed E-state index contributed by atoms with van der Waals surface area (Å²) in [7, 11) is 3.10. The molecule has 0 saturated carbocycles. The number of hydrogen-bond donors (Lipinski definition) is 0. The Hall–Kier alpha value is -1.03. The first kappa shape index (κ1) is 12.0. The summed E-state index contributed by atoms with van der Waals surface area (Å²) in [6, 6.07) is 5.14. The van der Waals surface area contributed by atoms with Crippen LogP contribution in [-0.2, 0) is 0 Å². The van der Waals surface area contributed by atoms with E-state index in [0.717, 1.165) is 0 Å². The highest BCUT2D eigenvalue weighted by Gasteiger charge is 2.17. The Bertz CT molecular complexity index is 361. The van der Waals surface area contributed by atoms with Gasteiger partial charge in [-0.2, -0.15) is 0 Å². The van der Waals surface area contributed by atoms with Crippen molar-refractivity contribution in [2.45, 2.75) is 11.8 Å². The van der Waals surface area contributed by atoms with Crippen LogP contribution in [0.25, 0.3) is 0 Å². The number of hydrogen-bond acceptors (Lipinski definition) is 3. The molecule has 0 saturated heterocycles. The number of rotatable bonds is 4. The minimum absolute atomic E-state index is 0.00509. The van der Waals surface area contributed by atoms with E-state index in [4.69, 9.17) is 9.47 Å². The summed E-state index contributed by atoms with van der Waals surface area (Å²) in [6.07, 6.45) is 0. The van der Waals surface area contributed by atoms with Crippen LogP contribution in [0.3, 0.4) is 0 Å². The molecule has 0 spiro atoms. The molecule has 0 bridgehead atoms. The van der Waals surface area contributed by atoms with E-state index in [1.54, 1.807) is 32.2 Å². The summed E-state index contributed by atoms with van der Waals surface area (Å²) in [4.78, 5) is 11.5. The van der Waals surface area contributed by atoms with Crippen molar-refractivity contribution >= 4 is 21.7 Å². The topological polar surface area (TPSA) is 35.5 Å². The van der Waals surface area contributed by atoms with E-state index in [-0.39, 0.29) is 10.6 Å². The zero-order valence-corrected chi connectivity index (χ0v) is 10.5. The van der Waals surface area contributed by atoms with Gasteiger partial charge in [-0.25, -0.2) is 0 Å². The molecule has 15 heavy (non-hydrogen) atoms. The number of benzene rings is 1. The molecule has 0 aromatic heterocycles. The summed E-state index contributed by atoms with van der Waals surface area (Å²) in [5, 5.41) is 0. The van der Waals surface area contributed by atoms with Crippen LogP contribution in [-0.4, -0.2) is 24.8 Å². The van der Waals surface area contributed by atoms with Crippen molar-refractivity contribution in [1.82, 2.24) is 0 Å². The molecule has 0 unspecified atom stereocenters. The van der Waals surface area contributed by atoms with E-state index in [1.807, 2.05) is 0 Å². The van der Waals surface area contributed by atoms with Crippen LogP contribution in [0.1, 0.15) is 17.3 Å². The smallest absolute Gasteiger partial charge is 0.179 e. The third kappa shape index (κ3) is 2.72. The van der Waals surface area contributed by atoms with E-state index in [0.29, 0.717) is 17.1 Å². The van der Waals surface area contributed by atoms with Gasteiger partial charge in [0.2, 0.25) is 0 Å². The van der Waals surface area contributed by atoms with Gasteiger partial charge in [0.25, 0.3) is 0 Å². The standard InChI is InChI=1S/C11H13BrO3/c1-7(12)11(13)9-5-4-8(14-2)6-10(9)15-3/h4-7H,1-3H3/t7-/m0/s1. The quantitative estimate of drug-likeness (QED) is 0.625. The van der Waals surface area contributed by atoms with Crippen LogP contribution in [0, 0.1) is 0 Å². The SMILES string of the molecule is COc1ccc(C(=O)[C@H](C)Br)c(OC)c1. The predicted octanol–water partition coefficient (Wildman–Crippen LogP) is 2.67. The molecule has 0 fully saturated rings. The summed E-state index contributed by atoms with van der Waals surface area (Å²) < 4.78 is 10.2. The second-order valence-electron chi connectivity index (χ2n) is 3.05. The molecule has 1 rings (SSSR count). The number of carbonyl (C=O) groups is 1. The van der Waals surface area contributed by atoms with Gasteiger partial charge in [-0.15, -0.1) is 0 Å². The first-order valence-electron chi connectivity index (χ1n) is 4.50. The Morgan fingerprint density at radius 3 is 2.47 bits per heavy atom. The molecule has 82 valence electrons. The van der Waals surface area contributed by atoms with Crippen molar-refractivity contribution in [2.24, 2.45) is 0 Å². The lowest BCUT2D eigenvalue weighted by atomic mass is 10.1. The molecule has 0 N–H and O–H groups in total. The predicted molar refractivity (Wildman–Crippen MR) is 62.3 cm³/mol. The van der Waals surface area contributed by atoms with E-state index < -0.39 is 0 Å². The van der Waals surface area contributed by atoms with E-state index in [1.165, 1.54) is 7.11 Å². The normalized spacial score (nSPS) is 12.0. The second kappa shape index (κ2) is 5.16. The number of carbonyl (C=O) groups excluding carboxylic acids is 1. The fourth-order valence-corrected chi connectivity index (χ4v) is 1.46. The molecule has 0 heterocycles. The van der Waals surface area contributed by atoms with Gasteiger partial charge in [-0.1, -0.05) is 15.9 Å². The number of halogens is 1. The highest BCUT2D eigenvalue weighted by Crippen LogP contribution is 2.26. The van der Waals surface area contributed by atoms with Crippen molar-refractivity contribution in [2.75, 3.05) is 14.2 Å². The Labute approximate surface area is 97.5 Å². The fourth-order valence-electron chi connectivity index (χ4n) is 1.22. The van der Waals surface area contributed by atoms with Gasteiger partial charge in [0, 0.05) is 6.07 Å². The van der Waals surface area contributed by atoms with Crippen LogP contribution >= 0.6 is 15.9 Å². The first-order chi connectivity index (χ1) is 7.10. The number of ketones is 1. The highest BCUT2D eigenvalue weighted by atomic mass is 79.9. The minimum Gasteiger partial charge on any atom is -0.497 e. The summed E-state index contributed by atoms with van der Waals surface area (Å²) in [5.41, 5.74) is 0.558. The van der Waals surface area contributed by atoms with Crippen molar-refractivity contribution in [3.8, 4) is 11.5 Å². The van der Waals surface area contributed by atoms with Crippen LogP contribution in [0.2, 0.25) is 0 Å². The molecule has 1 atom stereocenters. The van der Waals surface area contributed by atoms with Crippen LogP contribution in [0.5, 0.6) is 11.5 Å². The molecule has 0 amide bonds. The number of Topliss-reactive ketones (excluding diaryl/α,β-unsaturated/α-hetero) is 1. The number of ether oxygens (including phenoxy) is 2. The Morgan fingerprint density at radius 1 is 1.33 bits per heavy atom. The number of methoxy groups -OCH3 is 2. The molecular formula is C11H13BrO3. The van der Waals surface area contributed by atoms with Gasteiger partial charge in [-0.05, 0) is 19.1 Å². The van der Waals surface area contributed by atoms with E-state index >= 15 is 0 Å². The Balaban J connectivity index is 3.13. The summed E-state index contributed by atoms with van der Waals surface area (Å²) >= 11 is 3.24. The van der Waals surface area contributed by atoms with Gasteiger partial charge >= 0.3 is 0 Å². The second-order valence-corrected chi connectivity index (χ2v) is 4.42. The lowest BCUT2D eigenvalue weighted by molar-refractivity contribution is 0.0993. The summed E-state index contributed by atoms with van der Waals surface area (Å²) in [6.45, 7) is 1.78. The minimum atomic E-state index is -0.222. The van der Waals surface area contributed by atoms with Gasteiger partial charge in [0.1, 0.15) is 11.5 Å². The van der Waals surface area contributed by atoms with Gasteiger partial charge in [0.05, 0.1) is 24.6 Å². The third-order valence-corrected chi connectivity index (χ3v) is 2.45. The molecular weight excluding hydrogens is 260 g/mol. The maximum absolute atomic E-state index is 11.8. The molecule has 0 aliphatic carbocycles. The van der Waals surface area contributed by atoms with Crippen molar-refractivity contribution < 1.29 is 14.3 Å². The van der Waals surface area contributed by atoms with Crippen LogP contribution in [0.4, 0.5) is 0 Å². The molecule has 3 nitrogen and oxygen atoms in total. The van der Waals surface area contributed by atoms with Gasteiger partial charge in [-0.3, -0.25) is 4.79 Å². The maximum Gasteiger partial charge on any atom is 0.179 e. The van der Waals surface area contributed by atoms with Crippen LogP contribution in [0.15, 0.2) is 18.2 Å².